The zero-order valence-electron chi connectivity index (χ0n) is 49.3. The predicted octanol–water partition coefficient (Wildman–Crippen LogP) is 19.2. The summed E-state index contributed by atoms with van der Waals surface area (Å²) in [4.78, 5) is 5.17. The monoisotopic (exact) mass is 1110 g/mol. The summed E-state index contributed by atoms with van der Waals surface area (Å²) in [5.74, 6) is 0. The molecular weight excluding hydrogens is 1050 g/mol. The Balaban J connectivity index is 0.984. The molecule has 0 unspecified atom stereocenters. The van der Waals surface area contributed by atoms with Gasteiger partial charge < -0.3 is 9.80 Å². The van der Waals surface area contributed by atoms with Crippen LogP contribution >= 0.6 is 0 Å². The quantitative estimate of drug-likeness (QED) is 0.0889. The SMILES string of the molecule is CC(C)(C)c1cc2c3c(c1)N(c1ccc(C(c4ccccc4)(c4ccccc4)c4ccccc4)cc1)c1cc(-c4ccccc4)ccc1B3c1ccc(-c3ccccc3)cc1N2c1ccc(C(c2ccccc2)(c2ccccc2)c2ccccc2)cc1. The molecule has 2 heterocycles. The summed E-state index contributed by atoms with van der Waals surface area (Å²) in [6.45, 7) is 6.99. The largest absolute Gasteiger partial charge is 0.311 e. The Kier molecular flexibility index (Phi) is 13.4. The second-order valence-corrected chi connectivity index (χ2v) is 24.4. The van der Waals surface area contributed by atoms with Crippen molar-refractivity contribution in [1.82, 2.24) is 0 Å². The molecule has 0 saturated carbocycles. The second kappa shape index (κ2) is 21.9. The topological polar surface area (TPSA) is 6.48 Å². The van der Waals surface area contributed by atoms with Crippen LogP contribution in [-0.2, 0) is 16.2 Å². The molecular formula is C84H65BN2. The third-order valence-corrected chi connectivity index (χ3v) is 18.5. The van der Waals surface area contributed by atoms with Crippen LogP contribution in [0.1, 0.15) is 70.8 Å². The van der Waals surface area contributed by atoms with Gasteiger partial charge in [-0.2, -0.15) is 0 Å². The van der Waals surface area contributed by atoms with Gasteiger partial charge in [0.2, 0.25) is 0 Å². The molecule has 15 rings (SSSR count). The van der Waals surface area contributed by atoms with Gasteiger partial charge in [0.15, 0.2) is 0 Å². The maximum atomic E-state index is 2.59. The summed E-state index contributed by atoms with van der Waals surface area (Å²) in [5.41, 5.74) is 25.0. The van der Waals surface area contributed by atoms with Gasteiger partial charge in [-0.05, 0) is 143 Å². The molecule has 87 heavy (non-hydrogen) atoms. The first-order chi connectivity index (χ1) is 42.8. The summed E-state index contributed by atoms with van der Waals surface area (Å²) >= 11 is 0. The van der Waals surface area contributed by atoms with E-state index in [1.807, 2.05) is 0 Å². The third-order valence-electron chi connectivity index (χ3n) is 18.5. The molecule has 13 aromatic rings. The highest BCUT2D eigenvalue weighted by atomic mass is 15.2. The van der Waals surface area contributed by atoms with Gasteiger partial charge in [0.05, 0.1) is 10.8 Å². The van der Waals surface area contributed by atoms with Crippen LogP contribution in [0.25, 0.3) is 22.3 Å². The molecule has 0 N–H and O–H groups in total. The fourth-order valence-corrected chi connectivity index (χ4v) is 14.4. The fraction of sp³-hybridized carbons (Fsp3) is 0.0714. The van der Waals surface area contributed by atoms with E-state index in [1.54, 1.807) is 0 Å². The van der Waals surface area contributed by atoms with Crippen molar-refractivity contribution in [2.75, 3.05) is 9.80 Å². The minimum Gasteiger partial charge on any atom is -0.311 e. The first kappa shape index (κ1) is 53.3. The number of anilines is 6. The van der Waals surface area contributed by atoms with Crippen molar-refractivity contribution >= 4 is 57.2 Å². The summed E-state index contributed by atoms with van der Waals surface area (Å²) in [5, 5.41) is 0. The van der Waals surface area contributed by atoms with E-state index in [9.17, 15) is 0 Å². The fourth-order valence-electron chi connectivity index (χ4n) is 14.4. The first-order valence-corrected chi connectivity index (χ1v) is 30.5. The Morgan fingerprint density at radius 3 is 0.770 bits per heavy atom. The van der Waals surface area contributed by atoms with Crippen LogP contribution in [0.4, 0.5) is 34.1 Å². The minimum atomic E-state index is -0.597. The molecule has 0 spiro atoms. The van der Waals surface area contributed by atoms with Gasteiger partial charge in [0.25, 0.3) is 6.71 Å². The van der Waals surface area contributed by atoms with Crippen LogP contribution in [-0.4, -0.2) is 6.71 Å². The Morgan fingerprint density at radius 2 is 0.494 bits per heavy atom. The van der Waals surface area contributed by atoms with Gasteiger partial charge in [-0.15, -0.1) is 0 Å². The summed E-state index contributed by atoms with van der Waals surface area (Å²) in [6, 6.07) is 127. The van der Waals surface area contributed by atoms with E-state index in [0.29, 0.717) is 0 Å². The van der Waals surface area contributed by atoms with E-state index >= 15 is 0 Å². The molecule has 0 saturated heterocycles. The van der Waals surface area contributed by atoms with Gasteiger partial charge in [-0.25, -0.2) is 0 Å². The van der Waals surface area contributed by atoms with Crippen molar-refractivity contribution in [2.24, 2.45) is 0 Å². The molecule has 0 amide bonds. The summed E-state index contributed by atoms with van der Waals surface area (Å²) in [7, 11) is 0. The number of rotatable bonds is 12. The van der Waals surface area contributed by atoms with E-state index in [4.69, 9.17) is 0 Å². The second-order valence-electron chi connectivity index (χ2n) is 24.4. The molecule has 3 heteroatoms. The van der Waals surface area contributed by atoms with Crippen molar-refractivity contribution in [1.29, 1.82) is 0 Å². The zero-order chi connectivity index (χ0) is 58.5. The maximum absolute atomic E-state index is 2.59. The van der Waals surface area contributed by atoms with Crippen molar-refractivity contribution in [3.63, 3.8) is 0 Å². The highest BCUT2D eigenvalue weighted by molar-refractivity contribution is 7.00. The summed E-state index contributed by atoms with van der Waals surface area (Å²) in [6.07, 6.45) is 0. The van der Waals surface area contributed by atoms with Crippen molar-refractivity contribution in [3.05, 3.63) is 390 Å². The van der Waals surface area contributed by atoms with Crippen LogP contribution in [0.15, 0.2) is 340 Å². The lowest BCUT2D eigenvalue weighted by molar-refractivity contribution is 0.590. The third kappa shape index (κ3) is 8.95. The first-order valence-electron chi connectivity index (χ1n) is 30.5. The van der Waals surface area contributed by atoms with Crippen LogP contribution in [0.3, 0.4) is 0 Å². The molecule has 0 fully saturated rings. The van der Waals surface area contributed by atoms with E-state index in [2.05, 4.69) is 370 Å². The van der Waals surface area contributed by atoms with Gasteiger partial charge in [-0.3, -0.25) is 0 Å². The van der Waals surface area contributed by atoms with Crippen molar-refractivity contribution < 1.29 is 0 Å². The van der Waals surface area contributed by atoms with E-state index in [1.165, 1.54) is 111 Å². The maximum Gasteiger partial charge on any atom is 0.252 e. The Hall–Kier alpha value is -10.5. The minimum absolute atomic E-state index is 0.0847. The molecule has 414 valence electrons. The normalized spacial score (nSPS) is 12.7. The van der Waals surface area contributed by atoms with Crippen molar-refractivity contribution in [2.45, 2.75) is 37.0 Å². The standard InChI is InChI=1S/C84H65BN2/c1-82(2,3)72-58-79-81-80(59-72)87(74-52-48-71(49-53-74)84(67-38-22-9-23-39-67,68-40-24-10-25-41-68)69-42-26-11-27-43-69)78-57-63(61-30-14-5-15-31-61)45-55-76(78)85(81)75-54-44-62(60-28-12-4-13-29-60)56-77(75)86(79)73-50-46-70(47-51-73)83(64-32-16-6-17-33-64,65-34-18-7-19-35-65)66-36-20-8-21-37-66/h4-59H,1-3H3. The molecule has 2 aliphatic rings. The predicted molar refractivity (Wildman–Crippen MR) is 367 cm³/mol. The number of hydrogen-bond donors (Lipinski definition) is 0. The van der Waals surface area contributed by atoms with E-state index < -0.39 is 10.8 Å². The Labute approximate surface area is 513 Å². The molecule has 2 aliphatic heterocycles. The van der Waals surface area contributed by atoms with Crippen LogP contribution in [0.2, 0.25) is 0 Å². The number of benzene rings is 13. The Bertz CT molecular complexity index is 4070. The number of hydrogen-bond acceptors (Lipinski definition) is 2. The van der Waals surface area contributed by atoms with Gasteiger partial charge in [0, 0.05) is 34.1 Å². The zero-order valence-corrected chi connectivity index (χ0v) is 49.3. The average molecular weight is 1110 g/mol. The molecule has 0 bridgehead atoms. The van der Waals surface area contributed by atoms with Gasteiger partial charge in [-0.1, -0.05) is 312 Å². The number of nitrogens with zero attached hydrogens (tertiary/aromatic N) is 2. The Morgan fingerprint density at radius 1 is 0.230 bits per heavy atom. The summed E-state index contributed by atoms with van der Waals surface area (Å²) < 4.78 is 0. The molecule has 0 atom stereocenters. The lowest BCUT2D eigenvalue weighted by Crippen LogP contribution is -2.61. The smallest absolute Gasteiger partial charge is 0.252 e. The number of fused-ring (bicyclic) bond motifs is 4. The molecule has 0 radical (unpaired) electrons. The van der Waals surface area contributed by atoms with Gasteiger partial charge in [0.1, 0.15) is 0 Å². The highest BCUT2D eigenvalue weighted by Crippen LogP contribution is 2.51. The van der Waals surface area contributed by atoms with Crippen molar-refractivity contribution in [3.8, 4) is 22.3 Å². The molecule has 2 nitrogen and oxygen atoms in total. The molecule has 0 aromatic heterocycles. The van der Waals surface area contributed by atoms with E-state index in [0.717, 1.165) is 11.4 Å². The van der Waals surface area contributed by atoms with E-state index in [-0.39, 0.29) is 12.1 Å². The highest BCUT2D eigenvalue weighted by Gasteiger charge is 2.46. The van der Waals surface area contributed by atoms with Crippen LogP contribution in [0.5, 0.6) is 0 Å². The van der Waals surface area contributed by atoms with Gasteiger partial charge >= 0.3 is 0 Å². The van der Waals surface area contributed by atoms with Crippen LogP contribution in [0, 0.1) is 0 Å². The van der Waals surface area contributed by atoms with Crippen LogP contribution < -0.4 is 26.2 Å². The molecule has 13 aromatic carbocycles. The average Bonchev–Trinajstić information content (AvgIpc) is 0.802. The molecule has 0 aliphatic carbocycles. The lowest BCUT2D eigenvalue weighted by Gasteiger charge is -2.45. The lowest BCUT2D eigenvalue weighted by atomic mass is 9.33.